The predicted molar refractivity (Wildman–Crippen MR) is 140 cm³/mol. The van der Waals surface area contributed by atoms with Gasteiger partial charge in [0.15, 0.2) is 11.5 Å². The summed E-state index contributed by atoms with van der Waals surface area (Å²) in [6, 6.07) is 23.8. The Bertz CT molecular complexity index is 1090. The van der Waals surface area contributed by atoms with Gasteiger partial charge in [0.25, 0.3) is 5.91 Å². The van der Waals surface area contributed by atoms with Gasteiger partial charge in [-0.2, -0.15) is 0 Å². The monoisotopic (exact) mass is 489 g/mol. The van der Waals surface area contributed by atoms with Crippen molar-refractivity contribution in [1.29, 1.82) is 0 Å². The summed E-state index contributed by atoms with van der Waals surface area (Å²) >= 11 is 0. The van der Waals surface area contributed by atoms with Crippen LogP contribution in [0.3, 0.4) is 0 Å². The maximum atomic E-state index is 13.2. The molecule has 0 bridgehead atoms. The van der Waals surface area contributed by atoms with Crippen LogP contribution < -0.4 is 19.5 Å². The molecule has 0 radical (unpaired) electrons. The number of nitrogens with one attached hydrogen (secondary N) is 1. The molecule has 1 heterocycles. The number of rotatable bonds is 11. The molecule has 1 aliphatic heterocycles. The molecule has 0 aromatic heterocycles. The first-order valence-electron chi connectivity index (χ1n) is 12.4. The Morgan fingerprint density at radius 1 is 0.889 bits per heavy atom. The third-order valence-electron chi connectivity index (χ3n) is 6.91. The number of methoxy groups -OCH3 is 2. The van der Waals surface area contributed by atoms with E-state index in [9.17, 15) is 4.79 Å². The fourth-order valence-corrected chi connectivity index (χ4v) is 4.63. The molecular weight excluding hydrogens is 454 g/mol. The maximum Gasteiger partial charge on any atom is 0.251 e. The third kappa shape index (κ3) is 6.58. The second kappa shape index (κ2) is 12.5. The molecule has 3 aromatic carbocycles. The summed E-state index contributed by atoms with van der Waals surface area (Å²) in [6.45, 7) is 2.41. The Morgan fingerprint density at radius 3 is 2.06 bits per heavy atom. The lowest BCUT2D eigenvalue weighted by Crippen LogP contribution is -2.41. The second-order valence-corrected chi connectivity index (χ2v) is 9.26. The van der Waals surface area contributed by atoms with Crippen molar-refractivity contribution in [3.63, 3.8) is 0 Å². The Hall–Kier alpha value is -3.51. The lowest BCUT2D eigenvalue weighted by molar-refractivity contribution is 0.0106. The van der Waals surface area contributed by atoms with Gasteiger partial charge in [-0.25, -0.2) is 0 Å². The van der Waals surface area contributed by atoms with Crippen molar-refractivity contribution in [2.75, 3.05) is 34.0 Å². The van der Waals surface area contributed by atoms with Crippen molar-refractivity contribution in [2.24, 2.45) is 5.41 Å². The van der Waals surface area contributed by atoms with Crippen LogP contribution >= 0.6 is 0 Å². The van der Waals surface area contributed by atoms with Crippen LogP contribution in [0.1, 0.15) is 40.7 Å². The van der Waals surface area contributed by atoms with Gasteiger partial charge in [0.2, 0.25) is 5.75 Å². The molecule has 1 N–H and O–H groups in total. The molecule has 1 fully saturated rings. The molecule has 0 spiro atoms. The highest BCUT2D eigenvalue weighted by Gasteiger charge is 2.33. The van der Waals surface area contributed by atoms with E-state index in [1.807, 2.05) is 36.4 Å². The van der Waals surface area contributed by atoms with E-state index < -0.39 is 0 Å². The standard InChI is InChI=1S/C30H35NO5/c1-33-26-19-25(20-27(34-2)28(26)36-21-24-11-7-4-8-12-24)29(32)31-22-30(15-17-35-18-16-30)14-13-23-9-5-3-6-10-23/h3-12,19-20H,13-18,21-22H2,1-2H3,(H,31,32). The topological polar surface area (TPSA) is 66.0 Å². The highest BCUT2D eigenvalue weighted by molar-refractivity contribution is 5.95. The van der Waals surface area contributed by atoms with E-state index in [1.54, 1.807) is 26.4 Å². The maximum absolute atomic E-state index is 13.2. The van der Waals surface area contributed by atoms with E-state index in [-0.39, 0.29) is 11.3 Å². The van der Waals surface area contributed by atoms with Crippen molar-refractivity contribution < 1.29 is 23.7 Å². The molecule has 6 nitrogen and oxygen atoms in total. The highest BCUT2D eigenvalue weighted by Crippen LogP contribution is 2.39. The normalized spacial score (nSPS) is 14.6. The zero-order valence-corrected chi connectivity index (χ0v) is 21.1. The van der Waals surface area contributed by atoms with Gasteiger partial charge in [0.05, 0.1) is 14.2 Å². The van der Waals surface area contributed by atoms with Crippen molar-refractivity contribution in [3.8, 4) is 17.2 Å². The Balaban J connectivity index is 1.45. The molecule has 4 rings (SSSR count). The number of carbonyl (C=O) groups excluding carboxylic acids is 1. The van der Waals surface area contributed by atoms with Gasteiger partial charge in [0, 0.05) is 25.3 Å². The minimum Gasteiger partial charge on any atom is -0.493 e. The van der Waals surface area contributed by atoms with Crippen LogP contribution in [0.25, 0.3) is 0 Å². The van der Waals surface area contributed by atoms with Gasteiger partial charge >= 0.3 is 0 Å². The van der Waals surface area contributed by atoms with Crippen LogP contribution in [0.2, 0.25) is 0 Å². The second-order valence-electron chi connectivity index (χ2n) is 9.26. The lowest BCUT2D eigenvalue weighted by Gasteiger charge is -2.37. The first-order valence-corrected chi connectivity index (χ1v) is 12.4. The molecule has 190 valence electrons. The van der Waals surface area contributed by atoms with Crippen molar-refractivity contribution >= 4 is 5.91 Å². The van der Waals surface area contributed by atoms with E-state index >= 15 is 0 Å². The summed E-state index contributed by atoms with van der Waals surface area (Å²) in [7, 11) is 3.12. The van der Waals surface area contributed by atoms with Gasteiger partial charge in [-0.05, 0) is 54.4 Å². The fraction of sp³-hybridized carbons (Fsp3) is 0.367. The van der Waals surface area contributed by atoms with Crippen LogP contribution in [0.4, 0.5) is 0 Å². The largest absolute Gasteiger partial charge is 0.493 e. The molecule has 3 aromatic rings. The van der Waals surface area contributed by atoms with Crippen LogP contribution in [0.5, 0.6) is 17.2 Å². The average molecular weight is 490 g/mol. The summed E-state index contributed by atoms with van der Waals surface area (Å²) in [6.07, 6.45) is 3.84. The summed E-state index contributed by atoms with van der Waals surface area (Å²) in [4.78, 5) is 13.2. The fourth-order valence-electron chi connectivity index (χ4n) is 4.63. The lowest BCUT2D eigenvalue weighted by atomic mass is 9.75. The van der Waals surface area contributed by atoms with Gasteiger partial charge in [-0.3, -0.25) is 4.79 Å². The molecule has 0 saturated carbocycles. The quantitative estimate of drug-likeness (QED) is 0.388. The van der Waals surface area contributed by atoms with E-state index in [1.165, 1.54) is 5.56 Å². The van der Waals surface area contributed by atoms with Crippen LogP contribution in [-0.2, 0) is 17.8 Å². The Kier molecular flexibility index (Phi) is 8.85. The van der Waals surface area contributed by atoms with Crippen LogP contribution in [0.15, 0.2) is 72.8 Å². The molecule has 0 unspecified atom stereocenters. The molecule has 0 aliphatic carbocycles. The van der Waals surface area contributed by atoms with Crippen molar-refractivity contribution in [3.05, 3.63) is 89.5 Å². The van der Waals surface area contributed by atoms with E-state index in [2.05, 4.69) is 29.6 Å². The summed E-state index contributed by atoms with van der Waals surface area (Å²) in [5, 5.41) is 3.18. The Labute approximate surface area is 213 Å². The highest BCUT2D eigenvalue weighted by atomic mass is 16.5. The molecular formula is C30H35NO5. The number of aryl methyl sites for hydroxylation is 1. The van der Waals surface area contributed by atoms with Crippen molar-refractivity contribution in [1.82, 2.24) is 5.32 Å². The zero-order valence-electron chi connectivity index (χ0n) is 21.1. The number of amides is 1. The zero-order chi connectivity index (χ0) is 25.2. The number of hydrogen-bond donors (Lipinski definition) is 1. The van der Waals surface area contributed by atoms with E-state index in [4.69, 9.17) is 18.9 Å². The van der Waals surface area contributed by atoms with E-state index in [0.717, 1.165) is 44.5 Å². The molecule has 1 aliphatic rings. The first kappa shape index (κ1) is 25.6. The number of carbonyl (C=O) groups is 1. The number of benzene rings is 3. The minimum atomic E-state index is -0.160. The molecule has 1 amide bonds. The van der Waals surface area contributed by atoms with E-state index in [0.29, 0.717) is 36.0 Å². The Morgan fingerprint density at radius 2 is 1.47 bits per heavy atom. The molecule has 6 heteroatoms. The minimum absolute atomic E-state index is 0.0106. The van der Waals surface area contributed by atoms with Gasteiger partial charge in [-0.1, -0.05) is 60.7 Å². The number of ether oxygens (including phenoxy) is 4. The molecule has 36 heavy (non-hydrogen) atoms. The van der Waals surface area contributed by atoms with Crippen LogP contribution in [0, 0.1) is 5.41 Å². The van der Waals surface area contributed by atoms with Crippen LogP contribution in [-0.4, -0.2) is 39.9 Å². The summed E-state index contributed by atoms with van der Waals surface area (Å²) < 4.78 is 22.8. The summed E-state index contributed by atoms with van der Waals surface area (Å²) in [5.74, 6) is 1.23. The molecule has 0 atom stereocenters. The molecule has 1 saturated heterocycles. The van der Waals surface area contributed by atoms with Gasteiger partial charge < -0.3 is 24.3 Å². The average Bonchev–Trinajstić information content (AvgIpc) is 2.95. The third-order valence-corrected chi connectivity index (χ3v) is 6.91. The smallest absolute Gasteiger partial charge is 0.251 e. The predicted octanol–water partition coefficient (Wildman–Crippen LogP) is 5.44. The van der Waals surface area contributed by atoms with Gasteiger partial charge in [0.1, 0.15) is 6.61 Å². The first-order chi connectivity index (χ1) is 17.6. The van der Waals surface area contributed by atoms with Gasteiger partial charge in [-0.15, -0.1) is 0 Å². The SMILES string of the molecule is COc1cc(C(=O)NCC2(CCc3ccccc3)CCOCC2)cc(OC)c1OCc1ccccc1. The number of hydrogen-bond acceptors (Lipinski definition) is 5. The summed E-state index contributed by atoms with van der Waals surface area (Å²) in [5.41, 5.74) is 2.83. The van der Waals surface area contributed by atoms with Crippen molar-refractivity contribution in [2.45, 2.75) is 32.3 Å².